The molecule has 6 heteroatoms. The molecule has 0 atom stereocenters. The second-order valence-corrected chi connectivity index (χ2v) is 7.15. The maximum atomic E-state index is 12.2. The lowest BCUT2D eigenvalue weighted by Crippen LogP contribution is -2.51. The summed E-state index contributed by atoms with van der Waals surface area (Å²) in [6, 6.07) is 7.92. The molecule has 3 N–H and O–H groups in total. The second-order valence-electron chi connectivity index (χ2n) is 5.39. The Morgan fingerprint density at radius 1 is 1.30 bits per heavy atom. The maximum Gasteiger partial charge on any atom is 0.240 e. The Bertz CT molecular complexity index is 614. The zero-order valence-corrected chi connectivity index (χ0v) is 12.1. The number of nitrogens with two attached hydrogens (primary N) is 1. The lowest BCUT2D eigenvalue weighted by Gasteiger charge is -2.33. The fourth-order valence-electron chi connectivity index (χ4n) is 2.49. The molecule has 0 spiro atoms. The van der Waals surface area contributed by atoms with Crippen molar-refractivity contribution in [2.45, 2.75) is 42.5 Å². The topological polar surface area (TPSA) is 96.0 Å². The summed E-state index contributed by atoms with van der Waals surface area (Å²) >= 11 is 0. The van der Waals surface area contributed by atoms with E-state index in [1.807, 2.05) is 6.07 Å². The van der Waals surface area contributed by atoms with E-state index in [0.29, 0.717) is 5.56 Å². The van der Waals surface area contributed by atoms with Crippen LogP contribution in [0.5, 0.6) is 0 Å². The third-order valence-corrected chi connectivity index (χ3v) is 5.14. The minimum atomic E-state index is -3.61. The van der Waals surface area contributed by atoms with E-state index in [1.165, 1.54) is 12.1 Å². The first kappa shape index (κ1) is 15.0. The van der Waals surface area contributed by atoms with Gasteiger partial charge < -0.3 is 5.73 Å². The highest BCUT2D eigenvalue weighted by Crippen LogP contribution is 2.25. The number of hydrogen-bond donors (Lipinski definition) is 2. The summed E-state index contributed by atoms with van der Waals surface area (Å²) in [4.78, 5) is 0.107. The first-order valence-electron chi connectivity index (χ1n) is 6.74. The average molecular weight is 293 g/mol. The van der Waals surface area contributed by atoms with Gasteiger partial charge in [-0.25, -0.2) is 13.1 Å². The molecule has 1 aliphatic carbocycles. The normalized spacial score (nSPS) is 18.4. The molecule has 20 heavy (non-hydrogen) atoms. The van der Waals surface area contributed by atoms with Gasteiger partial charge in [-0.1, -0.05) is 25.3 Å². The lowest BCUT2D eigenvalue weighted by atomic mass is 9.83. The van der Waals surface area contributed by atoms with Gasteiger partial charge in [0.1, 0.15) is 0 Å². The van der Waals surface area contributed by atoms with Gasteiger partial charge in [-0.05, 0) is 31.0 Å². The molecule has 0 unspecified atom stereocenters. The highest BCUT2D eigenvalue weighted by atomic mass is 32.2. The van der Waals surface area contributed by atoms with E-state index in [1.54, 1.807) is 12.1 Å². The predicted octanol–water partition coefficient (Wildman–Crippen LogP) is 1.50. The fraction of sp³-hybridized carbons (Fsp3) is 0.500. The Kier molecular flexibility index (Phi) is 4.43. The van der Waals surface area contributed by atoms with E-state index in [2.05, 4.69) is 4.72 Å². The van der Waals surface area contributed by atoms with Crippen LogP contribution in [0.2, 0.25) is 0 Å². The fourth-order valence-corrected chi connectivity index (χ4v) is 3.67. The van der Waals surface area contributed by atoms with Crippen molar-refractivity contribution in [1.29, 1.82) is 5.26 Å². The maximum absolute atomic E-state index is 12.2. The van der Waals surface area contributed by atoms with Crippen LogP contribution in [0.15, 0.2) is 29.2 Å². The quantitative estimate of drug-likeness (QED) is 0.879. The summed E-state index contributed by atoms with van der Waals surface area (Å²) in [5.74, 6) is 0. The van der Waals surface area contributed by atoms with Crippen molar-refractivity contribution >= 4 is 10.0 Å². The number of nitrogens with one attached hydrogen (secondary N) is 1. The number of nitriles is 1. The molecule has 0 saturated heterocycles. The summed E-state index contributed by atoms with van der Waals surface area (Å²) in [7, 11) is -3.61. The number of benzene rings is 1. The van der Waals surface area contributed by atoms with Crippen molar-refractivity contribution in [2.75, 3.05) is 6.54 Å². The van der Waals surface area contributed by atoms with E-state index in [-0.39, 0.29) is 11.4 Å². The SMILES string of the molecule is N#Cc1cccc(S(=O)(=O)NCC2(N)CCCCC2)c1. The standard InChI is InChI=1S/C14H19N3O2S/c15-10-12-5-4-6-13(9-12)20(18,19)17-11-14(16)7-2-1-3-8-14/h4-6,9,17H,1-3,7-8,11,16H2. The minimum absolute atomic E-state index is 0.107. The summed E-state index contributed by atoms with van der Waals surface area (Å²) < 4.78 is 27.0. The van der Waals surface area contributed by atoms with Crippen LogP contribution in [0.25, 0.3) is 0 Å². The van der Waals surface area contributed by atoms with Crippen LogP contribution in [0, 0.1) is 11.3 Å². The molecule has 108 valence electrons. The van der Waals surface area contributed by atoms with Gasteiger partial charge in [-0.2, -0.15) is 5.26 Å². The Hall–Kier alpha value is -1.42. The molecule has 0 aliphatic heterocycles. The zero-order chi connectivity index (χ0) is 14.6. The highest BCUT2D eigenvalue weighted by molar-refractivity contribution is 7.89. The lowest BCUT2D eigenvalue weighted by molar-refractivity contribution is 0.296. The van der Waals surface area contributed by atoms with Crippen molar-refractivity contribution in [3.05, 3.63) is 29.8 Å². The van der Waals surface area contributed by atoms with Crippen molar-refractivity contribution in [3.63, 3.8) is 0 Å². The summed E-state index contributed by atoms with van der Waals surface area (Å²) in [6.45, 7) is 0.242. The molecule has 0 heterocycles. The third-order valence-electron chi connectivity index (χ3n) is 3.74. The number of hydrogen-bond acceptors (Lipinski definition) is 4. The van der Waals surface area contributed by atoms with Gasteiger partial charge in [0.2, 0.25) is 10.0 Å². The van der Waals surface area contributed by atoms with Gasteiger partial charge in [-0.3, -0.25) is 0 Å². The van der Waals surface area contributed by atoms with E-state index >= 15 is 0 Å². The summed E-state index contributed by atoms with van der Waals surface area (Å²) in [5.41, 5.74) is 6.10. The van der Waals surface area contributed by atoms with Gasteiger partial charge >= 0.3 is 0 Å². The van der Waals surface area contributed by atoms with E-state index < -0.39 is 15.6 Å². The molecule has 0 bridgehead atoms. The van der Waals surface area contributed by atoms with Gasteiger partial charge in [0.05, 0.1) is 16.5 Å². The molecule has 2 rings (SSSR count). The first-order valence-corrected chi connectivity index (χ1v) is 8.22. The molecule has 0 radical (unpaired) electrons. The van der Waals surface area contributed by atoms with Crippen molar-refractivity contribution in [1.82, 2.24) is 4.72 Å². The predicted molar refractivity (Wildman–Crippen MR) is 76.3 cm³/mol. The van der Waals surface area contributed by atoms with Crippen LogP contribution in [0.3, 0.4) is 0 Å². The van der Waals surface area contributed by atoms with Gasteiger partial charge in [-0.15, -0.1) is 0 Å². The molecule has 1 saturated carbocycles. The zero-order valence-electron chi connectivity index (χ0n) is 11.3. The van der Waals surface area contributed by atoms with Gasteiger partial charge in [0, 0.05) is 12.1 Å². The van der Waals surface area contributed by atoms with Gasteiger partial charge in [0.25, 0.3) is 0 Å². The molecule has 0 amide bonds. The van der Waals surface area contributed by atoms with Crippen LogP contribution < -0.4 is 10.5 Å². The van der Waals surface area contributed by atoms with Gasteiger partial charge in [0.15, 0.2) is 0 Å². The van der Waals surface area contributed by atoms with Crippen molar-refractivity contribution in [3.8, 4) is 6.07 Å². The first-order chi connectivity index (χ1) is 9.45. The van der Waals surface area contributed by atoms with Crippen LogP contribution >= 0.6 is 0 Å². The molecular formula is C14H19N3O2S. The number of rotatable bonds is 4. The Labute approximate surface area is 119 Å². The number of nitrogens with zero attached hydrogens (tertiary/aromatic N) is 1. The minimum Gasteiger partial charge on any atom is -0.324 e. The Balaban J connectivity index is 2.09. The second kappa shape index (κ2) is 5.92. The summed E-state index contributed by atoms with van der Waals surface area (Å²) in [6.07, 6.45) is 4.93. The van der Waals surface area contributed by atoms with Crippen molar-refractivity contribution in [2.24, 2.45) is 5.73 Å². The molecule has 1 aliphatic rings. The molecule has 0 aromatic heterocycles. The average Bonchev–Trinajstić information content (AvgIpc) is 2.46. The van der Waals surface area contributed by atoms with E-state index in [9.17, 15) is 8.42 Å². The largest absolute Gasteiger partial charge is 0.324 e. The Morgan fingerprint density at radius 2 is 2.00 bits per heavy atom. The van der Waals surface area contributed by atoms with E-state index in [4.69, 9.17) is 11.0 Å². The van der Waals surface area contributed by atoms with Crippen LogP contribution in [-0.2, 0) is 10.0 Å². The third kappa shape index (κ3) is 3.57. The molecule has 1 aromatic rings. The van der Waals surface area contributed by atoms with E-state index in [0.717, 1.165) is 32.1 Å². The molecule has 1 aromatic carbocycles. The van der Waals surface area contributed by atoms with Crippen LogP contribution in [0.4, 0.5) is 0 Å². The highest BCUT2D eigenvalue weighted by Gasteiger charge is 2.29. The van der Waals surface area contributed by atoms with Crippen LogP contribution in [-0.4, -0.2) is 20.5 Å². The molecular weight excluding hydrogens is 274 g/mol. The monoisotopic (exact) mass is 293 g/mol. The van der Waals surface area contributed by atoms with Crippen LogP contribution in [0.1, 0.15) is 37.7 Å². The van der Waals surface area contributed by atoms with Crippen molar-refractivity contribution < 1.29 is 8.42 Å². The Morgan fingerprint density at radius 3 is 2.65 bits per heavy atom. The number of sulfonamides is 1. The molecule has 1 fully saturated rings. The summed E-state index contributed by atoms with van der Waals surface area (Å²) in [5, 5.41) is 8.82. The smallest absolute Gasteiger partial charge is 0.240 e. The molecule has 5 nitrogen and oxygen atoms in total.